The Morgan fingerprint density at radius 1 is 0.800 bits per heavy atom. The first kappa shape index (κ1) is 23.8. The first-order valence-electron chi connectivity index (χ1n) is 10.9. The second kappa shape index (κ2) is 9.89. The highest BCUT2D eigenvalue weighted by atomic mass is 19.1. The molecular formula is C27H26FN3O4. The molecule has 0 unspecified atom stereocenters. The molecule has 8 heteroatoms. The maximum absolute atomic E-state index is 13.3. The Morgan fingerprint density at radius 3 is 2.20 bits per heavy atom. The fraction of sp³-hybridized carbons (Fsp3) is 0.185. The molecule has 1 aromatic heterocycles. The van der Waals surface area contributed by atoms with Gasteiger partial charge in [0.1, 0.15) is 17.3 Å². The molecule has 2 N–H and O–H groups in total. The number of rotatable bonds is 6. The monoisotopic (exact) mass is 475 g/mol. The fourth-order valence-corrected chi connectivity index (χ4v) is 3.74. The number of aromatic nitrogens is 1. The molecule has 0 saturated heterocycles. The number of halogens is 1. The van der Waals surface area contributed by atoms with E-state index in [-0.39, 0.29) is 5.82 Å². The van der Waals surface area contributed by atoms with E-state index in [1.54, 1.807) is 51.6 Å². The van der Waals surface area contributed by atoms with E-state index >= 15 is 0 Å². The van der Waals surface area contributed by atoms with Gasteiger partial charge < -0.3 is 24.8 Å². The van der Waals surface area contributed by atoms with E-state index in [4.69, 9.17) is 14.2 Å². The Bertz CT molecular complexity index is 1420. The van der Waals surface area contributed by atoms with Crippen molar-refractivity contribution in [1.82, 2.24) is 4.98 Å². The lowest BCUT2D eigenvalue weighted by Crippen LogP contribution is -2.20. The molecule has 0 aliphatic heterocycles. The van der Waals surface area contributed by atoms with Crippen molar-refractivity contribution in [3.05, 3.63) is 77.2 Å². The largest absolute Gasteiger partial charge is 0.493 e. The lowest BCUT2D eigenvalue weighted by Gasteiger charge is -2.17. The van der Waals surface area contributed by atoms with Gasteiger partial charge in [0.05, 0.1) is 19.7 Å². The summed E-state index contributed by atoms with van der Waals surface area (Å²) < 4.78 is 30.4. The molecule has 0 bridgehead atoms. The number of hydrogen-bond acceptors (Lipinski definition) is 5. The van der Waals surface area contributed by atoms with Gasteiger partial charge in [-0.1, -0.05) is 0 Å². The maximum atomic E-state index is 13.3. The minimum Gasteiger partial charge on any atom is -0.493 e. The Balaban J connectivity index is 1.57. The van der Waals surface area contributed by atoms with Crippen molar-refractivity contribution in [1.29, 1.82) is 0 Å². The van der Waals surface area contributed by atoms with Crippen molar-refractivity contribution in [2.45, 2.75) is 20.8 Å². The molecule has 180 valence electrons. The van der Waals surface area contributed by atoms with Crippen LogP contribution < -0.4 is 24.8 Å². The molecule has 0 fully saturated rings. The lowest BCUT2D eigenvalue weighted by molar-refractivity contribution is 0.262. The van der Waals surface area contributed by atoms with Crippen LogP contribution in [0.1, 0.15) is 16.7 Å². The molecule has 4 aromatic rings. The van der Waals surface area contributed by atoms with Gasteiger partial charge >= 0.3 is 6.03 Å². The number of benzene rings is 3. The molecular weight excluding hydrogens is 449 g/mol. The number of nitrogens with one attached hydrogen (secondary N) is 2. The first-order valence-corrected chi connectivity index (χ1v) is 10.9. The van der Waals surface area contributed by atoms with Crippen LogP contribution in [0.2, 0.25) is 0 Å². The average Bonchev–Trinajstić information content (AvgIpc) is 2.84. The predicted molar refractivity (Wildman–Crippen MR) is 135 cm³/mol. The molecule has 0 saturated carbocycles. The number of nitrogens with zero attached hydrogens (tertiary/aromatic N) is 1. The molecule has 0 aliphatic rings. The predicted octanol–water partition coefficient (Wildman–Crippen LogP) is 6.75. The molecule has 0 aliphatic carbocycles. The van der Waals surface area contributed by atoms with Crippen molar-refractivity contribution in [3.63, 3.8) is 0 Å². The highest BCUT2D eigenvalue weighted by Gasteiger charge is 2.15. The zero-order valence-corrected chi connectivity index (χ0v) is 20.2. The van der Waals surface area contributed by atoms with Crippen LogP contribution in [0.25, 0.3) is 10.9 Å². The van der Waals surface area contributed by atoms with E-state index in [2.05, 4.69) is 15.6 Å². The normalized spacial score (nSPS) is 10.7. The number of urea groups is 1. The summed E-state index contributed by atoms with van der Waals surface area (Å²) in [5, 5.41) is 6.38. The number of pyridine rings is 1. The molecule has 7 nitrogen and oxygen atoms in total. The van der Waals surface area contributed by atoms with Crippen LogP contribution in [0, 0.1) is 26.6 Å². The van der Waals surface area contributed by atoms with Gasteiger partial charge in [-0.05, 0) is 79.9 Å². The Labute approximate surface area is 202 Å². The van der Waals surface area contributed by atoms with E-state index in [9.17, 15) is 9.18 Å². The molecule has 0 spiro atoms. The van der Waals surface area contributed by atoms with E-state index in [1.807, 2.05) is 19.9 Å². The number of fused-ring (bicyclic) bond motifs is 1. The average molecular weight is 476 g/mol. The molecule has 3 aromatic carbocycles. The van der Waals surface area contributed by atoms with Crippen molar-refractivity contribution in [2.24, 2.45) is 0 Å². The van der Waals surface area contributed by atoms with E-state index < -0.39 is 6.03 Å². The van der Waals surface area contributed by atoms with Crippen LogP contribution in [-0.2, 0) is 0 Å². The highest BCUT2D eigenvalue weighted by Crippen LogP contribution is 2.38. The second-order valence-electron chi connectivity index (χ2n) is 8.04. The van der Waals surface area contributed by atoms with Crippen LogP contribution in [0.15, 0.2) is 54.7 Å². The zero-order valence-electron chi connectivity index (χ0n) is 20.2. The van der Waals surface area contributed by atoms with E-state index in [0.29, 0.717) is 45.5 Å². The summed E-state index contributed by atoms with van der Waals surface area (Å²) in [7, 11) is 3.15. The van der Waals surface area contributed by atoms with E-state index in [1.165, 1.54) is 18.2 Å². The number of anilines is 2. The maximum Gasteiger partial charge on any atom is 0.323 e. The van der Waals surface area contributed by atoms with Crippen molar-refractivity contribution < 1.29 is 23.4 Å². The topological polar surface area (TPSA) is 81.7 Å². The van der Waals surface area contributed by atoms with E-state index in [0.717, 1.165) is 16.5 Å². The SMILES string of the molecule is COc1cc2nccc(Oc3ccc(NC(=O)Nc4ccc(F)cc4C)c(C)c3C)c2cc1OC. The van der Waals surface area contributed by atoms with Gasteiger partial charge in [-0.3, -0.25) is 4.98 Å². The zero-order chi connectivity index (χ0) is 25.1. The van der Waals surface area contributed by atoms with Crippen molar-refractivity contribution in [3.8, 4) is 23.0 Å². The molecule has 1 heterocycles. The third-order valence-corrected chi connectivity index (χ3v) is 5.85. The Hall–Kier alpha value is -4.33. The summed E-state index contributed by atoms with van der Waals surface area (Å²) in [4.78, 5) is 17.0. The standard InChI is InChI=1S/C27H26FN3O4/c1-15-12-18(28)6-7-20(15)30-27(32)31-21-8-9-23(17(3)16(21)2)35-24-10-11-29-22-14-26(34-5)25(33-4)13-19(22)24/h6-14H,1-5H3,(H2,30,31,32). The fourth-order valence-electron chi connectivity index (χ4n) is 3.74. The number of aryl methyl sites for hydroxylation is 1. The summed E-state index contributed by atoms with van der Waals surface area (Å²) in [5.74, 6) is 2.07. The summed E-state index contributed by atoms with van der Waals surface area (Å²) >= 11 is 0. The van der Waals surface area contributed by atoms with Gasteiger partial charge in [-0.25, -0.2) is 9.18 Å². The van der Waals surface area contributed by atoms with Crippen LogP contribution in [0.3, 0.4) is 0 Å². The van der Waals surface area contributed by atoms with Gasteiger partial charge in [0.25, 0.3) is 0 Å². The number of amides is 2. The number of methoxy groups -OCH3 is 2. The lowest BCUT2D eigenvalue weighted by atomic mass is 10.1. The number of hydrogen-bond donors (Lipinski definition) is 2. The number of carbonyl (C=O) groups excluding carboxylic acids is 1. The Morgan fingerprint density at radius 2 is 1.49 bits per heavy atom. The molecule has 0 atom stereocenters. The van der Waals surface area contributed by atoms with Gasteiger partial charge in [0.15, 0.2) is 11.5 Å². The quantitative estimate of drug-likeness (QED) is 0.322. The third-order valence-electron chi connectivity index (χ3n) is 5.85. The van der Waals surface area contributed by atoms with Crippen LogP contribution in [0.4, 0.5) is 20.6 Å². The molecule has 0 radical (unpaired) electrons. The van der Waals surface area contributed by atoms with Gasteiger partial charge in [0, 0.05) is 29.0 Å². The number of ether oxygens (including phenoxy) is 3. The van der Waals surface area contributed by atoms with Crippen molar-refractivity contribution >= 4 is 28.3 Å². The van der Waals surface area contributed by atoms with Gasteiger partial charge in [0.2, 0.25) is 0 Å². The summed E-state index contributed by atoms with van der Waals surface area (Å²) in [6.07, 6.45) is 1.67. The van der Waals surface area contributed by atoms with Gasteiger partial charge in [-0.15, -0.1) is 0 Å². The first-order chi connectivity index (χ1) is 16.8. The summed E-state index contributed by atoms with van der Waals surface area (Å²) in [5.41, 5.74) is 4.24. The van der Waals surface area contributed by atoms with Crippen molar-refractivity contribution in [2.75, 3.05) is 24.9 Å². The minimum absolute atomic E-state index is 0.352. The van der Waals surface area contributed by atoms with Crippen LogP contribution in [-0.4, -0.2) is 25.2 Å². The molecule has 35 heavy (non-hydrogen) atoms. The minimum atomic E-state index is -0.419. The molecule has 4 rings (SSSR count). The Kier molecular flexibility index (Phi) is 6.73. The summed E-state index contributed by atoms with van der Waals surface area (Å²) in [6.45, 7) is 5.55. The molecule has 2 amide bonds. The highest BCUT2D eigenvalue weighted by molar-refractivity contribution is 6.00. The van der Waals surface area contributed by atoms with Crippen LogP contribution in [0.5, 0.6) is 23.0 Å². The van der Waals surface area contributed by atoms with Crippen LogP contribution >= 0.6 is 0 Å². The summed E-state index contributed by atoms with van der Waals surface area (Å²) in [6, 6.07) is 12.8. The second-order valence-corrected chi connectivity index (χ2v) is 8.04. The third kappa shape index (κ3) is 4.96. The van der Waals surface area contributed by atoms with Gasteiger partial charge in [-0.2, -0.15) is 0 Å². The number of carbonyl (C=O) groups is 1. The smallest absolute Gasteiger partial charge is 0.323 e.